The van der Waals surface area contributed by atoms with E-state index in [9.17, 15) is 28.0 Å². The van der Waals surface area contributed by atoms with E-state index in [0.717, 1.165) is 88.9 Å². The Bertz CT molecular complexity index is 2420. The number of nitrogens with one attached hydrogen (secondary N) is 2. The summed E-state index contributed by atoms with van der Waals surface area (Å²) in [5.41, 5.74) is 3.59. The van der Waals surface area contributed by atoms with Crippen molar-refractivity contribution in [3.63, 3.8) is 0 Å². The highest BCUT2D eigenvalue weighted by molar-refractivity contribution is 6.00. The van der Waals surface area contributed by atoms with E-state index in [0.29, 0.717) is 60.0 Å². The van der Waals surface area contributed by atoms with Crippen LogP contribution in [0.25, 0.3) is 16.7 Å². The van der Waals surface area contributed by atoms with Gasteiger partial charge < -0.3 is 20.0 Å². The lowest BCUT2D eigenvalue weighted by atomic mass is 9.89. The number of unbranched alkanes of at least 4 members (excludes halogenated alkanes) is 2. The van der Waals surface area contributed by atoms with Gasteiger partial charge >= 0.3 is 5.69 Å². The average Bonchev–Trinajstić information content (AvgIpc) is 3.96. The van der Waals surface area contributed by atoms with Crippen LogP contribution in [0.2, 0.25) is 0 Å². The molecule has 0 spiro atoms. The quantitative estimate of drug-likeness (QED) is 0.121. The molecule has 1 unspecified atom stereocenters. The molecule has 16 heteroatoms. The average molecular weight is 811 g/mol. The monoisotopic (exact) mass is 810 g/mol. The lowest BCUT2D eigenvalue weighted by Gasteiger charge is -2.33. The molecule has 3 aliphatic heterocycles. The first-order valence-corrected chi connectivity index (χ1v) is 20.9. The van der Waals surface area contributed by atoms with Gasteiger partial charge in [0.05, 0.1) is 23.3 Å². The topological polar surface area (TPSA) is 142 Å². The van der Waals surface area contributed by atoms with Crippen LogP contribution >= 0.6 is 0 Å². The number of halogens is 2. The number of benzene rings is 2. The molecule has 0 saturated carbocycles. The van der Waals surface area contributed by atoms with Crippen LogP contribution in [0.1, 0.15) is 97.3 Å². The van der Waals surface area contributed by atoms with Crippen LogP contribution in [0.5, 0.6) is 0 Å². The first-order chi connectivity index (χ1) is 28.5. The lowest BCUT2D eigenvalue weighted by Crippen LogP contribution is -2.44. The SMILES string of the molecule is CN(CCCCCNC(=O)c1cnn2ccc(N3CCC[C@@H]3c3cc(F)ccc3F)nc12)CCN1CCC(c2ccc3c(c2)n(C)c(=O)n3C2CCC(=O)NC2=O)CC1. The molecule has 3 aliphatic rings. The van der Waals surface area contributed by atoms with Gasteiger partial charge in [-0.25, -0.2) is 23.1 Å². The fraction of sp³-hybridized carbons (Fsp3) is 0.488. The highest BCUT2D eigenvalue weighted by Crippen LogP contribution is 2.37. The molecule has 59 heavy (non-hydrogen) atoms. The number of piperidine rings is 2. The molecule has 0 bridgehead atoms. The van der Waals surface area contributed by atoms with Crippen LogP contribution in [0.4, 0.5) is 14.6 Å². The predicted molar refractivity (Wildman–Crippen MR) is 219 cm³/mol. The second-order valence-electron chi connectivity index (χ2n) is 16.3. The molecule has 14 nitrogen and oxygen atoms in total. The molecule has 2 N–H and O–H groups in total. The summed E-state index contributed by atoms with van der Waals surface area (Å²) >= 11 is 0. The van der Waals surface area contributed by atoms with Crippen LogP contribution in [-0.4, -0.2) is 104 Å². The normalized spacial score (nSPS) is 19.4. The highest BCUT2D eigenvalue weighted by atomic mass is 19.1. The maximum absolute atomic E-state index is 14.7. The van der Waals surface area contributed by atoms with Gasteiger partial charge in [0.1, 0.15) is 29.1 Å². The molecule has 8 rings (SSSR count). The van der Waals surface area contributed by atoms with Gasteiger partial charge in [0.25, 0.3) is 5.91 Å². The minimum Gasteiger partial charge on any atom is -0.352 e. The Hall–Kier alpha value is -5.48. The number of carbonyl (C=O) groups excluding carboxylic acids is 3. The molecule has 312 valence electrons. The van der Waals surface area contributed by atoms with Gasteiger partial charge in [-0.3, -0.25) is 28.8 Å². The lowest BCUT2D eigenvalue weighted by molar-refractivity contribution is -0.135. The number of hydrogen-bond acceptors (Lipinski definition) is 9. The van der Waals surface area contributed by atoms with Crippen LogP contribution in [0.15, 0.2) is 59.7 Å². The van der Waals surface area contributed by atoms with Gasteiger partial charge in [-0.05, 0) is 120 Å². The van der Waals surface area contributed by atoms with Gasteiger partial charge in [-0.1, -0.05) is 12.5 Å². The zero-order valence-corrected chi connectivity index (χ0v) is 33.7. The summed E-state index contributed by atoms with van der Waals surface area (Å²) in [6.07, 6.45) is 10.2. The molecule has 5 aromatic rings. The fourth-order valence-electron chi connectivity index (χ4n) is 9.07. The second kappa shape index (κ2) is 17.4. The Labute approximate surface area is 341 Å². The molecule has 3 fully saturated rings. The summed E-state index contributed by atoms with van der Waals surface area (Å²) < 4.78 is 33.4. The Balaban J connectivity index is 0.751. The molecular weight excluding hydrogens is 759 g/mol. The number of aryl methyl sites for hydroxylation is 1. The van der Waals surface area contributed by atoms with E-state index in [1.807, 2.05) is 11.0 Å². The van der Waals surface area contributed by atoms with Crippen LogP contribution in [0.3, 0.4) is 0 Å². The minimum atomic E-state index is -0.685. The van der Waals surface area contributed by atoms with Crippen molar-refractivity contribution in [2.45, 2.75) is 75.8 Å². The zero-order chi connectivity index (χ0) is 41.2. The van der Waals surface area contributed by atoms with E-state index >= 15 is 0 Å². The van der Waals surface area contributed by atoms with Crippen molar-refractivity contribution in [2.24, 2.45) is 7.05 Å². The Morgan fingerprint density at radius 2 is 1.76 bits per heavy atom. The molecule has 3 aromatic heterocycles. The summed E-state index contributed by atoms with van der Waals surface area (Å²) in [6, 6.07) is 10.4. The maximum Gasteiger partial charge on any atom is 0.329 e. The molecule has 3 saturated heterocycles. The highest BCUT2D eigenvalue weighted by Gasteiger charge is 2.33. The van der Waals surface area contributed by atoms with E-state index in [4.69, 9.17) is 4.98 Å². The standard InChI is InChI=1S/C43H52F2N10O4/c1-50(23-24-52-20-14-28(15-21-52)29-8-11-35-37(25-29)51(2)43(59)55(35)36-12-13-39(56)49-42(36)58)18-5-3-4-17-46-41(57)32-27-47-54-22-16-38(48-40(32)54)53-19-6-7-34(53)31-26-30(44)9-10-33(31)45/h8-11,16,22,25-28,34,36H,3-7,12-15,17-21,23-24H2,1-2H3,(H,46,57)(H,49,56,58)/t34-,36?/m1/s1. The predicted octanol–water partition coefficient (Wildman–Crippen LogP) is 4.69. The first kappa shape index (κ1) is 40.3. The number of amides is 3. The number of imide groups is 1. The molecular formula is C43H52F2N10O4. The van der Waals surface area contributed by atoms with Crippen LogP contribution in [0, 0.1) is 11.6 Å². The van der Waals surface area contributed by atoms with Gasteiger partial charge in [0, 0.05) is 51.4 Å². The molecule has 0 aliphatic carbocycles. The van der Waals surface area contributed by atoms with Gasteiger partial charge in [-0.2, -0.15) is 5.10 Å². The third-order valence-electron chi connectivity index (χ3n) is 12.5. The van der Waals surface area contributed by atoms with E-state index in [-0.39, 0.29) is 30.0 Å². The van der Waals surface area contributed by atoms with E-state index in [1.54, 1.807) is 28.4 Å². The third kappa shape index (κ3) is 8.51. The Morgan fingerprint density at radius 1 is 0.932 bits per heavy atom. The van der Waals surface area contributed by atoms with Crippen molar-refractivity contribution in [1.82, 2.24) is 44.2 Å². The smallest absolute Gasteiger partial charge is 0.329 e. The van der Waals surface area contributed by atoms with Gasteiger partial charge in [0.2, 0.25) is 11.8 Å². The minimum absolute atomic E-state index is 0.218. The van der Waals surface area contributed by atoms with E-state index in [1.165, 1.54) is 22.4 Å². The van der Waals surface area contributed by atoms with Crippen molar-refractivity contribution in [3.05, 3.63) is 93.7 Å². The summed E-state index contributed by atoms with van der Waals surface area (Å²) in [6.45, 7) is 6.13. The number of likely N-dealkylation sites (tertiary alicyclic amines) is 1. The zero-order valence-electron chi connectivity index (χ0n) is 33.7. The number of anilines is 1. The summed E-state index contributed by atoms with van der Waals surface area (Å²) in [5.74, 6) is -0.894. The number of nitrogens with zero attached hydrogens (tertiary/aromatic N) is 8. The summed E-state index contributed by atoms with van der Waals surface area (Å²) in [7, 11) is 3.89. The fourth-order valence-corrected chi connectivity index (χ4v) is 9.07. The Kier molecular flexibility index (Phi) is 11.9. The number of likely N-dealkylation sites (N-methyl/N-ethyl adjacent to an activating group) is 1. The first-order valence-electron chi connectivity index (χ1n) is 20.9. The van der Waals surface area contributed by atoms with Crippen molar-refractivity contribution in [1.29, 1.82) is 0 Å². The second-order valence-corrected chi connectivity index (χ2v) is 16.3. The maximum atomic E-state index is 14.7. The molecule has 2 aromatic carbocycles. The van der Waals surface area contributed by atoms with Crippen molar-refractivity contribution in [3.8, 4) is 0 Å². The number of carbonyl (C=O) groups is 3. The number of imidazole rings is 1. The summed E-state index contributed by atoms with van der Waals surface area (Å²) in [4.78, 5) is 62.2. The molecule has 0 radical (unpaired) electrons. The number of fused-ring (bicyclic) bond motifs is 2. The molecule has 6 heterocycles. The van der Waals surface area contributed by atoms with Crippen molar-refractivity contribution >= 4 is 40.2 Å². The van der Waals surface area contributed by atoms with Crippen molar-refractivity contribution in [2.75, 3.05) is 57.8 Å². The van der Waals surface area contributed by atoms with Crippen LogP contribution in [-0.2, 0) is 16.6 Å². The van der Waals surface area contributed by atoms with E-state index < -0.39 is 23.6 Å². The number of rotatable bonds is 14. The molecule has 2 atom stereocenters. The van der Waals surface area contributed by atoms with Crippen LogP contribution < -0.4 is 21.2 Å². The summed E-state index contributed by atoms with van der Waals surface area (Å²) in [5, 5.41) is 9.71. The third-order valence-corrected chi connectivity index (χ3v) is 12.5. The van der Waals surface area contributed by atoms with Crippen molar-refractivity contribution < 1.29 is 23.2 Å². The van der Waals surface area contributed by atoms with Gasteiger partial charge in [0.15, 0.2) is 5.65 Å². The Morgan fingerprint density at radius 3 is 2.58 bits per heavy atom. The van der Waals surface area contributed by atoms with E-state index in [2.05, 4.69) is 44.7 Å². The molecule has 3 amide bonds. The largest absolute Gasteiger partial charge is 0.352 e. The van der Waals surface area contributed by atoms with Gasteiger partial charge in [-0.15, -0.1) is 0 Å². The number of aromatic nitrogens is 5. The number of hydrogen-bond donors (Lipinski definition) is 2.